The van der Waals surface area contributed by atoms with E-state index >= 15 is 0 Å². The van der Waals surface area contributed by atoms with Crippen molar-refractivity contribution < 1.29 is 19.5 Å². The number of aromatic nitrogens is 1. The Morgan fingerprint density at radius 2 is 2.00 bits per heavy atom. The Balaban J connectivity index is 1.98. The molecule has 25 heavy (non-hydrogen) atoms. The van der Waals surface area contributed by atoms with Crippen molar-refractivity contribution in [2.75, 3.05) is 13.7 Å². The Kier molecular flexibility index (Phi) is 5.00. The topological polar surface area (TPSA) is 83.8 Å². The van der Waals surface area contributed by atoms with Crippen LogP contribution in [0, 0.1) is 0 Å². The molecule has 1 aliphatic rings. The van der Waals surface area contributed by atoms with Gasteiger partial charge in [0.1, 0.15) is 11.4 Å². The van der Waals surface area contributed by atoms with Crippen LogP contribution in [0.25, 0.3) is 0 Å². The number of benzene rings is 1. The van der Waals surface area contributed by atoms with E-state index in [1.165, 1.54) is 18.9 Å². The monoisotopic (exact) mass is 361 g/mol. The number of hydrogen-bond acceptors (Lipinski definition) is 5. The fraction of sp³-hybridized carbons (Fsp3) is 0.294. The van der Waals surface area contributed by atoms with Gasteiger partial charge in [-0.15, -0.1) is 0 Å². The molecule has 0 bridgehead atoms. The zero-order chi connectivity index (χ0) is 18.0. The molecule has 0 radical (unpaired) electrons. The van der Waals surface area contributed by atoms with Crippen LogP contribution < -0.4 is 10.2 Å². The summed E-state index contributed by atoms with van der Waals surface area (Å²) in [6.07, 6.45) is 0.677. The summed E-state index contributed by atoms with van der Waals surface area (Å²) in [5.74, 6) is 0.167. The highest BCUT2D eigenvalue weighted by Gasteiger charge is 2.26. The molecule has 0 aliphatic carbocycles. The Bertz CT molecular complexity index is 801. The second-order valence-electron chi connectivity index (χ2n) is 5.69. The maximum atomic E-state index is 12.1. The van der Waals surface area contributed by atoms with Crippen molar-refractivity contribution in [3.8, 4) is 5.75 Å². The summed E-state index contributed by atoms with van der Waals surface area (Å²) in [5.41, 5.74) is 3.94. The molecule has 0 atom stereocenters. The van der Waals surface area contributed by atoms with E-state index in [1.54, 1.807) is 27.5 Å². The average molecular weight is 361 g/mol. The Morgan fingerprint density at radius 3 is 2.60 bits per heavy atom. The summed E-state index contributed by atoms with van der Waals surface area (Å²) >= 11 is 1.36. The fourth-order valence-electron chi connectivity index (χ4n) is 2.81. The lowest BCUT2D eigenvalue weighted by Gasteiger charge is -2.27. The van der Waals surface area contributed by atoms with Gasteiger partial charge in [0, 0.05) is 18.4 Å². The molecule has 1 aromatic heterocycles. The van der Waals surface area contributed by atoms with Gasteiger partial charge >= 0.3 is 0 Å². The first-order chi connectivity index (χ1) is 12.0. The lowest BCUT2D eigenvalue weighted by molar-refractivity contribution is -0.129. The minimum Gasteiger partial charge on any atom is -0.497 e. The van der Waals surface area contributed by atoms with Crippen molar-refractivity contribution in [3.05, 3.63) is 47.3 Å². The van der Waals surface area contributed by atoms with Crippen LogP contribution >= 0.6 is 11.9 Å². The molecule has 1 aromatic carbocycles. The van der Waals surface area contributed by atoms with Crippen LogP contribution in [0.5, 0.6) is 5.75 Å². The zero-order valence-corrected chi connectivity index (χ0v) is 14.8. The molecule has 3 rings (SSSR count). The molecule has 8 heteroatoms. The van der Waals surface area contributed by atoms with E-state index in [2.05, 4.69) is 0 Å². The molecular weight excluding hydrogens is 342 g/mol. The van der Waals surface area contributed by atoms with Gasteiger partial charge in [-0.2, -0.15) is 0 Å². The third-order valence-electron chi connectivity index (χ3n) is 4.17. The van der Waals surface area contributed by atoms with Gasteiger partial charge in [-0.05, 0) is 54.3 Å². The number of carbonyl (C=O) groups excluding carboxylic acids is 2. The van der Waals surface area contributed by atoms with E-state index in [0.717, 1.165) is 21.9 Å². The smallest absolute Gasteiger partial charge is 0.292 e. The maximum absolute atomic E-state index is 12.1. The molecule has 2 N–H and O–H groups in total. The number of carbonyl (C=O) groups is 2. The molecule has 2 heterocycles. The highest BCUT2D eigenvalue weighted by molar-refractivity contribution is 7.98. The van der Waals surface area contributed by atoms with Crippen molar-refractivity contribution in [3.63, 3.8) is 0 Å². The molecular formula is C17H19N3O4S. The van der Waals surface area contributed by atoms with E-state index in [1.807, 2.05) is 24.3 Å². The molecule has 2 aromatic rings. The standard InChI is InChI=1S/C17H19N3O4S/c1-11(21)19-8-7-12-9-15(17(22)18-23)20(16(12)10-19)25-14-5-3-13(24-2)4-6-14/h3-6,9,23H,7-8,10H2,1-2H3,(H,18,22). The number of fused-ring (bicyclic) bond motifs is 1. The molecule has 132 valence electrons. The first-order valence-electron chi connectivity index (χ1n) is 7.79. The average Bonchev–Trinajstić information content (AvgIpc) is 2.99. The normalized spacial score (nSPS) is 13.3. The summed E-state index contributed by atoms with van der Waals surface area (Å²) in [4.78, 5) is 26.4. The van der Waals surface area contributed by atoms with Gasteiger partial charge in [0.05, 0.1) is 19.3 Å². The maximum Gasteiger partial charge on any atom is 0.292 e. The van der Waals surface area contributed by atoms with Crippen molar-refractivity contribution in [1.29, 1.82) is 0 Å². The number of amides is 2. The highest BCUT2D eigenvalue weighted by atomic mass is 32.2. The molecule has 0 saturated carbocycles. The van der Waals surface area contributed by atoms with E-state index in [0.29, 0.717) is 25.2 Å². The predicted octanol–water partition coefficient (Wildman–Crippen LogP) is 2.08. The van der Waals surface area contributed by atoms with E-state index in [-0.39, 0.29) is 5.91 Å². The van der Waals surface area contributed by atoms with Crippen LogP contribution in [-0.4, -0.2) is 39.5 Å². The Hall–Kier alpha value is -2.45. The largest absolute Gasteiger partial charge is 0.497 e. The predicted molar refractivity (Wildman–Crippen MR) is 92.7 cm³/mol. The summed E-state index contributed by atoms with van der Waals surface area (Å²) in [6.45, 7) is 2.60. The molecule has 0 fully saturated rings. The van der Waals surface area contributed by atoms with Gasteiger partial charge in [0.15, 0.2) is 0 Å². The molecule has 0 saturated heterocycles. The van der Waals surface area contributed by atoms with Crippen LogP contribution in [0.15, 0.2) is 35.2 Å². The minimum absolute atomic E-state index is 0.000933. The van der Waals surface area contributed by atoms with Gasteiger partial charge < -0.3 is 9.64 Å². The number of methoxy groups -OCH3 is 1. The summed E-state index contributed by atoms with van der Waals surface area (Å²) in [7, 11) is 1.60. The van der Waals surface area contributed by atoms with E-state index < -0.39 is 5.91 Å². The van der Waals surface area contributed by atoms with Crippen LogP contribution in [0.4, 0.5) is 0 Å². The number of hydroxylamine groups is 1. The van der Waals surface area contributed by atoms with Gasteiger partial charge in [-0.25, -0.2) is 5.48 Å². The van der Waals surface area contributed by atoms with Gasteiger partial charge in [0.2, 0.25) is 5.91 Å². The summed E-state index contributed by atoms with van der Waals surface area (Å²) < 4.78 is 6.93. The molecule has 7 nitrogen and oxygen atoms in total. The van der Waals surface area contributed by atoms with Crippen LogP contribution in [0.2, 0.25) is 0 Å². The van der Waals surface area contributed by atoms with Gasteiger partial charge in [-0.3, -0.25) is 18.8 Å². The van der Waals surface area contributed by atoms with Crippen LogP contribution in [-0.2, 0) is 17.8 Å². The second kappa shape index (κ2) is 7.20. The Morgan fingerprint density at radius 1 is 1.28 bits per heavy atom. The highest BCUT2D eigenvalue weighted by Crippen LogP contribution is 2.32. The minimum atomic E-state index is -0.579. The number of nitrogens with zero attached hydrogens (tertiary/aromatic N) is 2. The zero-order valence-electron chi connectivity index (χ0n) is 14.0. The van der Waals surface area contributed by atoms with E-state index in [4.69, 9.17) is 9.94 Å². The van der Waals surface area contributed by atoms with Crippen LogP contribution in [0.3, 0.4) is 0 Å². The van der Waals surface area contributed by atoms with Crippen molar-refractivity contribution in [2.24, 2.45) is 0 Å². The molecule has 2 amide bonds. The van der Waals surface area contributed by atoms with Gasteiger partial charge in [-0.1, -0.05) is 0 Å². The fourth-order valence-corrected chi connectivity index (χ4v) is 3.80. The van der Waals surface area contributed by atoms with Crippen molar-refractivity contribution in [1.82, 2.24) is 14.4 Å². The number of nitrogens with one attached hydrogen (secondary N) is 1. The first-order valence-corrected chi connectivity index (χ1v) is 8.56. The lowest BCUT2D eigenvalue weighted by Crippen LogP contribution is -2.34. The number of hydrogen-bond donors (Lipinski definition) is 2. The number of ether oxygens (including phenoxy) is 1. The molecule has 1 aliphatic heterocycles. The van der Waals surface area contributed by atoms with Crippen molar-refractivity contribution >= 4 is 23.8 Å². The quantitative estimate of drug-likeness (QED) is 0.643. The third kappa shape index (κ3) is 3.49. The SMILES string of the molecule is COc1ccc(Sn2c(C(=O)NO)cc3c2CN(C(C)=O)CC3)cc1. The van der Waals surface area contributed by atoms with Crippen molar-refractivity contribution in [2.45, 2.75) is 24.8 Å². The summed E-state index contributed by atoms with van der Waals surface area (Å²) in [6, 6.07) is 9.23. The first kappa shape index (κ1) is 17.4. The van der Waals surface area contributed by atoms with E-state index in [9.17, 15) is 9.59 Å². The molecule has 0 spiro atoms. The third-order valence-corrected chi connectivity index (χ3v) is 5.26. The summed E-state index contributed by atoms with van der Waals surface area (Å²) in [5, 5.41) is 9.05. The second-order valence-corrected chi connectivity index (χ2v) is 6.71. The molecule has 0 unspecified atom stereocenters. The Labute approximate surface area is 149 Å². The lowest BCUT2D eigenvalue weighted by atomic mass is 10.1. The van der Waals surface area contributed by atoms with Gasteiger partial charge in [0.25, 0.3) is 5.91 Å². The van der Waals surface area contributed by atoms with Crippen LogP contribution in [0.1, 0.15) is 28.7 Å². The number of rotatable bonds is 4.